The van der Waals surface area contributed by atoms with Crippen LogP contribution in [0, 0.1) is 5.92 Å². The lowest BCUT2D eigenvalue weighted by Crippen LogP contribution is -2.51. The Morgan fingerprint density at radius 1 is 1.28 bits per heavy atom. The number of piperidine rings is 1. The van der Waals surface area contributed by atoms with Crippen molar-refractivity contribution in [1.29, 1.82) is 0 Å². The van der Waals surface area contributed by atoms with Crippen LogP contribution in [-0.4, -0.2) is 76.6 Å². The summed E-state index contributed by atoms with van der Waals surface area (Å²) in [6.45, 7) is 12.5. The van der Waals surface area contributed by atoms with Gasteiger partial charge in [-0.15, -0.1) is 0 Å². The van der Waals surface area contributed by atoms with Gasteiger partial charge in [-0.05, 0) is 25.7 Å². The molecule has 0 N–H and O–H groups in total. The van der Waals surface area contributed by atoms with Crippen molar-refractivity contribution in [3.8, 4) is 0 Å². The van der Waals surface area contributed by atoms with E-state index in [1.165, 1.54) is 6.42 Å². The van der Waals surface area contributed by atoms with Crippen LogP contribution in [0.2, 0.25) is 0 Å². The molecule has 3 heterocycles. The normalized spacial score (nSPS) is 24.4. The highest BCUT2D eigenvalue weighted by Crippen LogP contribution is 2.21. The highest BCUT2D eigenvalue weighted by molar-refractivity contribution is 5.78. The molecule has 0 saturated carbocycles. The summed E-state index contributed by atoms with van der Waals surface area (Å²) >= 11 is 0. The average Bonchev–Trinajstić information content (AvgIpc) is 3.11. The molecule has 2 aliphatic rings. The molecule has 2 atom stereocenters. The van der Waals surface area contributed by atoms with Crippen molar-refractivity contribution in [3.05, 3.63) is 11.7 Å². The van der Waals surface area contributed by atoms with E-state index in [0.717, 1.165) is 57.9 Å². The SMILES string of the molecule is CCc1noc([C@H](C)N2CCN(CC(=O)N3CCC[C@H](C)C3)CC2)n1. The van der Waals surface area contributed by atoms with Crippen molar-refractivity contribution in [2.24, 2.45) is 5.92 Å². The first-order valence-corrected chi connectivity index (χ1v) is 9.63. The molecule has 1 aromatic heterocycles. The lowest BCUT2D eigenvalue weighted by molar-refractivity contribution is -0.134. The van der Waals surface area contributed by atoms with Crippen LogP contribution in [0.4, 0.5) is 0 Å². The number of carbonyl (C=O) groups excluding carboxylic acids is 1. The number of hydrogen-bond acceptors (Lipinski definition) is 6. The molecule has 0 aliphatic carbocycles. The van der Waals surface area contributed by atoms with Gasteiger partial charge in [0, 0.05) is 45.7 Å². The van der Waals surface area contributed by atoms with Gasteiger partial charge in [0.2, 0.25) is 11.8 Å². The highest BCUT2D eigenvalue weighted by atomic mass is 16.5. The van der Waals surface area contributed by atoms with E-state index in [1.54, 1.807) is 0 Å². The van der Waals surface area contributed by atoms with E-state index in [0.29, 0.717) is 18.4 Å². The second kappa shape index (κ2) is 8.27. The lowest BCUT2D eigenvalue weighted by Gasteiger charge is -2.38. The van der Waals surface area contributed by atoms with E-state index < -0.39 is 0 Å². The van der Waals surface area contributed by atoms with Gasteiger partial charge >= 0.3 is 0 Å². The molecule has 7 heteroatoms. The zero-order valence-corrected chi connectivity index (χ0v) is 15.8. The number of carbonyl (C=O) groups is 1. The van der Waals surface area contributed by atoms with Crippen LogP contribution in [-0.2, 0) is 11.2 Å². The first-order valence-electron chi connectivity index (χ1n) is 9.63. The minimum absolute atomic E-state index is 0.133. The summed E-state index contributed by atoms with van der Waals surface area (Å²) in [5, 5.41) is 3.99. The van der Waals surface area contributed by atoms with Gasteiger partial charge < -0.3 is 9.42 Å². The summed E-state index contributed by atoms with van der Waals surface area (Å²) in [7, 11) is 0. The monoisotopic (exact) mass is 349 g/mol. The molecule has 140 valence electrons. The lowest BCUT2D eigenvalue weighted by atomic mass is 10.0. The summed E-state index contributed by atoms with van der Waals surface area (Å²) < 4.78 is 5.37. The number of piperazine rings is 1. The van der Waals surface area contributed by atoms with Crippen molar-refractivity contribution in [3.63, 3.8) is 0 Å². The van der Waals surface area contributed by atoms with Crippen LogP contribution in [0.25, 0.3) is 0 Å². The van der Waals surface area contributed by atoms with Crippen molar-refractivity contribution in [2.75, 3.05) is 45.8 Å². The van der Waals surface area contributed by atoms with Crippen molar-refractivity contribution < 1.29 is 9.32 Å². The second-order valence-electron chi connectivity index (χ2n) is 7.48. The molecule has 0 spiro atoms. The molecule has 2 aliphatic heterocycles. The Bertz CT molecular complexity index is 568. The second-order valence-corrected chi connectivity index (χ2v) is 7.48. The van der Waals surface area contributed by atoms with Crippen LogP contribution in [0.15, 0.2) is 4.52 Å². The fraction of sp³-hybridized carbons (Fsp3) is 0.833. The van der Waals surface area contributed by atoms with Crippen LogP contribution >= 0.6 is 0 Å². The highest BCUT2D eigenvalue weighted by Gasteiger charge is 2.28. The van der Waals surface area contributed by atoms with Crippen LogP contribution in [0.5, 0.6) is 0 Å². The maximum atomic E-state index is 12.5. The van der Waals surface area contributed by atoms with Gasteiger partial charge in [0.05, 0.1) is 12.6 Å². The van der Waals surface area contributed by atoms with E-state index in [1.807, 2.05) is 11.8 Å². The molecule has 3 rings (SSSR count). The minimum atomic E-state index is 0.133. The quantitative estimate of drug-likeness (QED) is 0.804. The maximum Gasteiger partial charge on any atom is 0.243 e. The van der Waals surface area contributed by atoms with E-state index in [4.69, 9.17) is 4.52 Å². The summed E-state index contributed by atoms with van der Waals surface area (Å²) in [6, 6.07) is 0.133. The standard InChI is InChI=1S/C18H31N5O2/c1-4-16-19-18(25-20-16)15(3)22-10-8-21(9-11-22)13-17(24)23-7-5-6-14(2)12-23/h14-15H,4-13H2,1-3H3/t14-,15-/m0/s1. The Balaban J connectivity index is 1.45. The number of rotatable bonds is 5. The van der Waals surface area contributed by atoms with Gasteiger partial charge in [0.25, 0.3) is 0 Å². The van der Waals surface area contributed by atoms with E-state index in [-0.39, 0.29) is 11.9 Å². The van der Waals surface area contributed by atoms with Crippen molar-refractivity contribution >= 4 is 5.91 Å². The molecule has 0 aromatic carbocycles. The van der Waals surface area contributed by atoms with Crippen LogP contribution in [0.1, 0.15) is 51.4 Å². The first-order chi connectivity index (χ1) is 12.1. The molecule has 25 heavy (non-hydrogen) atoms. The van der Waals surface area contributed by atoms with E-state index in [2.05, 4.69) is 33.8 Å². The summed E-state index contributed by atoms with van der Waals surface area (Å²) in [4.78, 5) is 23.6. The van der Waals surface area contributed by atoms with Crippen LogP contribution < -0.4 is 0 Å². The fourth-order valence-corrected chi connectivity index (χ4v) is 3.75. The topological polar surface area (TPSA) is 65.7 Å². The maximum absolute atomic E-state index is 12.5. The van der Waals surface area contributed by atoms with E-state index >= 15 is 0 Å². The first kappa shape index (κ1) is 18.3. The molecular weight excluding hydrogens is 318 g/mol. The molecule has 1 aromatic rings. The number of nitrogens with zero attached hydrogens (tertiary/aromatic N) is 5. The molecule has 7 nitrogen and oxygen atoms in total. The number of aromatic nitrogens is 2. The third kappa shape index (κ3) is 4.58. The number of aryl methyl sites for hydroxylation is 1. The largest absolute Gasteiger partial charge is 0.341 e. The molecule has 0 unspecified atom stereocenters. The minimum Gasteiger partial charge on any atom is -0.341 e. The Labute approximate surface area is 150 Å². The predicted octanol–water partition coefficient (Wildman–Crippen LogP) is 1.57. The zero-order valence-electron chi connectivity index (χ0n) is 15.8. The number of hydrogen-bond donors (Lipinski definition) is 0. The van der Waals surface area contributed by atoms with Gasteiger partial charge in [-0.2, -0.15) is 4.98 Å². The summed E-state index contributed by atoms with van der Waals surface area (Å²) in [6.07, 6.45) is 3.18. The molecule has 0 bridgehead atoms. The molecule has 0 radical (unpaired) electrons. The Morgan fingerprint density at radius 3 is 2.68 bits per heavy atom. The smallest absolute Gasteiger partial charge is 0.243 e. The summed E-state index contributed by atoms with van der Waals surface area (Å²) in [5.74, 6) is 2.39. The van der Waals surface area contributed by atoms with Gasteiger partial charge in [0.1, 0.15) is 0 Å². The molecule has 2 fully saturated rings. The van der Waals surface area contributed by atoms with E-state index in [9.17, 15) is 4.79 Å². The third-order valence-electron chi connectivity index (χ3n) is 5.48. The van der Waals surface area contributed by atoms with Gasteiger partial charge in [-0.3, -0.25) is 14.6 Å². The Kier molecular flexibility index (Phi) is 6.06. The number of likely N-dealkylation sites (tertiary alicyclic amines) is 1. The molecular formula is C18H31N5O2. The third-order valence-corrected chi connectivity index (χ3v) is 5.48. The predicted molar refractivity (Wildman–Crippen MR) is 95.1 cm³/mol. The van der Waals surface area contributed by atoms with Crippen molar-refractivity contribution in [2.45, 2.75) is 46.1 Å². The van der Waals surface area contributed by atoms with Gasteiger partial charge in [-0.1, -0.05) is 19.0 Å². The Morgan fingerprint density at radius 2 is 2.04 bits per heavy atom. The number of amides is 1. The average molecular weight is 349 g/mol. The Hall–Kier alpha value is -1.47. The summed E-state index contributed by atoms with van der Waals surface area (Å²) in [5.41, 5.74) is 0. The molecule has 1 amide bonds. The van der Waals surface area contributed by atoms with Gasteiger partial charge in [0.15, 0.2) is 5.82 Å². The fourth-order valence-electron chi connectivity index (χ4n) is 3.75. The van der Waals surface area contributed by atoms with Crippen molar-refractivity contribution in [1.82, 2.24) is 24.8 Å². The van der Waals surface area contributed by atoms with Gasteiger partial charge in [-0.25, -0.2) is 0 Å². The van der Waals surface area contributed by atoms with Crippen LogP contribution in [0.3, 0.4) is 0 Å². The molecule has 2 saturated heterocycles. The zero-order chi connectivity index (χ0) is 17.8.